The first-order chi connectivity index (χ1) is 7.40. The largest absolute Gasteiger partial charge is 0.385 e. The van der Waals surface area contributed by atoms with Crippen LogP contribution in [0.3, 0.4) is 0 Å². The zero-order valence-corrected chi connectivity index (χ0v) is 8.92. The second-order valence-corrected chi connectivity index (χ2v) is 4.03. The van der Waals surface area contributed by atoms with Crippen molar-refractivity contribution in [1.29, 1.82) is 5.26 Å². The van der Waals surface area contributed by atoms with Gasteiger partial charge in [0.05, 0.1) is 6.07 Å². The number of nitrogens with zero attached hydrogens (tertiary/aromatic N) is 1. The smallest absolute Gasteiger partial charge is 0.0621 e. The Labute approximate surface area is 90.9 Å². The molecule has 0 saturated carbocycles. The Bertz CT molecular complexity index is 377. The number of hydrogen-bond acceptors (Lipinski definition) is 2. The molecular weight excluding hydrogens is 184 g/mol. The minimum absolute atomic E-state index is 0.662. The van der Waals surface area contributed by atoms with Gasteiger partial charge >= 0.3 is 0 Å². The minimum atomic E-state index is 0.662. The van der Waals surface area contributed by atoms with Gasteiger partial charge in [-0.05, 0) is 42.9 Å². The third-order valence-corrected chi connectivity index (χ3v) is 2.86. The zero-order chi connectivity index (χ0) is 10.5. The van der Waals surface area contributed by atoms with Crippen LogP contribution in [0.25, 0.3) is 0 Å². The molecule has 0 unspecified atom stereocenters. The van der Waals surface area contributed by atoms with Gasteiger partial charge in [0, 0.05) is 18.7 Å². The summed E-state index contributed by atoms with van der Waals surface area (Å²) in [6, 6.07) is 8.83. The van der Waals surface area contributed by atoms with Gasteiger partial charge in [0.1, 0.15) is 0 Å². The highest BCUT2D eigenvalue weighted by Crippen LogP contribution is 2.23. The van der Waals surface area contributed by atoms with E-state index >= 15 is 0 Å². The van der Waals surface area contributed by atoms with Gasteiger partial charge in [-0.3, -0.25) is 0 Å². The summed E-state index contributed by atoms with van der Waals surface area (Å²) in [7, 11) is 0. The molecule has 1 aliphatic rings. The fourth-order valence-corrected chi connectivity index (χ4v) is 2.06. The second kappa shape index (κ2) is 4.84. The van der Waals surface area contributed by atoms with E-state index in [2.05, 4.69) is 29.6 Å². The molecule has 0 spiro atoms. The van der Waals surface area contributed by atoms with E-state index in [0.29, 0.717) is 6.42 Å². The molecule has 2 nitrogen and oxygen atoms in total. The predicted molar refractivity (Wildman–Crippen MR) is 61.8 cm³/mol. The lowest BCUT2D eigenvalue weighted by atomic mass is 9.98. The van der Waals surface area contributed by atoms with Crippen LogP contribution in [0.1, 0.15) is 30.4 Å². The minimum Gasteiger partial charge on any atom is -0.385 e. The summed E-state index contributed by atoms with van der Waals surface area (Å²) in [5.41, 5.74) is 4.11. The zero-order valence-electron chi connectivity index (χ0n) is 8.92. The Balaban J connectivity index is 2.04. The first kappa shape index (κ1) is 10.0. The number of rotatable bonds is 3. The highest BCUT2D eigenvalue weighted by molar-refractivity contribution is 5.54. The van der Waals surface area contributed by atoms with E-state index in [1.54, 1.807) is 0 Å². The summed E-state index contributed by atoms with van der Waals surface area (Å²) in [6.07, 6.45) is 5.09. The third kappa shape index (κ3) is 2.50. The molecule has 0 aliphatic carbocycles. The van der Waals surface area contributed by atoms with Gasteiger partial charge in [-0.2, -0.15) is 5.26 Å². The lowest BCUT2D eigenvalue weighted by Crippen LogP contribution is -2.11. The van der Waals surface area contributed by atoms with Crippen molar-refractivity contribution in [1.82, 2.24) is 0 Å². The van der Waals surface area contributed by atoms with E-state index in [1.165, 1.54) is 29.7 Å². The van der Waals surface area contributed by atoms with Crippen LogP contribution >= 0.6 is 0 Å². The normalized spacial score (nSPS) is 13.8. The number of nitrogens with one attached hydrogen (secondary N) is 1. The molecule has 2 heteroatoms. The van der Waals surface area contributed by atoms with Crippen LogP contribution < -0.4 is 5.32 Å². The van der Waals surface area contributed by atoms with Crippen LogP contribution in [0.4, 0.5) is 5.69 Å². The molecule has 0 bridgehead atoms. The molecule has 2 rings (SSSR count). The average molecular weight is 200 g/mol. The SMILES string of the molecule is N#CCCCc1ccc2c(c1)CCCN2. The van der Waals surface area contributed by atoms with Crippen molar-refractivity contribution < 1.29 is 0 Å². The molecule has 0 fully saturated rings. The predicted octanol–water partition coefficient (Wildman–Crippen LogP) is 2.89. The van der Waals surface area contributed by atoms with Gasteiger partial charge in [0.15, 0.2) is 0 Å². The Morgan fingerprint density at radius 1 is 1.40 bits per heavy atom. The van der Waals surface area contributed by atoms with Gasteiger partial charge in [0.25, 0.3) is 0 Å². The van der Waals surface area contributed by atoms with Crippen molar-refractivity contribution >= 4 is 5.69 Å². The maximum absolute atomic E-state index is 8.48. The van der Waals surface area contributed by atoms with Gasteiger partial charge in [0.2, 0.25) is 0 Å². The second-order valence-electron chi connectivity index (χ2n) is 4.03. The number of hydrogen-bond donors (Lipinski definition) is 1. The molecule has 1 aliphatic heterocycles. The van der Waals surface area contributed by atoms with Crippen LogP contribution in [-0.2, 0) is 12.8 Å². The van der Waals surface area contributed by atoms with Crippen LogP contribution in [0, 0.1) is 11.3 Å². The molecule has 0 aromatic heterocycles. The summed E-state index contributed by atoms with van der Waals surface area (Å²) in [6.45, 7) is 1.10. The van der Waals surface area contributed by atoms with Gasteiger partial charge in [-0.15, -0.1) is 0 Å². The molecule has 0 amide bonds. The standard InChI is InChI=1S/C13H16N2/c14-8-2-1-4-11-6-7-13-12(10-11)5-3-9-15-13/h6-7,10,15H,1-5,9H2. The summed E-state index contributed by atoms with van der Waals surface area (Å²) in [4.78, 5) is 0. The highest BCUT2D eigenvalue weighted by atomic mass is 14.9. The quantitative estimate of drug-likeness (QED) is 0.761. The van der Waals surface area contributed by atoms with Crippen molar-refractivity contribution in [3.8, 4) is 6.07 Å². The lowest BCUT2D eigenvalue weighted by Gasteiger charge is -2.18. The van der Waals surface area contributed by atoms with Gasteiger partial charge in [-0.25, -0.2) is 0 Å². The van der Waals surface area contributed by atoms with Crippen LogP contribution in [0.2, 0.25) is 0 Å². The highest BCUT2D eigenvalue weighted by Gasteiger charge is 2.08. The Morgan fingerprint density at radius 2 is 2.33 bits per heavy atom. The first-order valence-electron chi connectivity index (χ1n) is 5.63. The van der Waals surface area contributed by atoms with Gasteiger partial charge < -0.3 is 5.32 Å². The van der Waals surface area contributed by atoms with Crippen LogP contribution in [-0.4, -0.2) is 6.54 Å². The summed E-state index contributed by atoms with van der Waals surface area (Å²) < 4.78 is 0. The topological polar surface area (TPSA) is 35.8 Å². The Hall–Kier alpha value is -1.49. The molecule has 0 saturated heterocycles. The summed E-state index contributed by atoms with van der Waals surface area (Å²) >= 11 is 0. The van der Waals surface area contributed by atoms with E-state index < -0.39 is 0 Å². The number of fused-ring (bicyclic) bond motifs is 1. The fraction of sp³-hybridized carbons (Fsp3) is 0.462. The maximum Gasteiger partial charge on any atom is 0.0621 e. The molecule has 15 heavy (non-hydrogen) atoms. The van der Waals surface area contributed by atoms with Crippen molar-refractivity contribution in [2.75, 3.05) is 11.9 Å². The van der Waals surface area contributed by atoms with E-state index in [9.17, 15) is 0 Å². The number of anilines is 1. The maximum atomic E-state index is 8.48. The molecular formula is C13H16N2. The fourth-order valence-electron chi connectivity index (χ4n) is 2.06. The third-order valence-electron chi connectivity index (χ3n) is 2.86. The number of nitriles is 1. The lowest BCUT2D eigenvalue weighted by molar-refractivity contribution is 0.816. The molecule has 0 atom stereocenters. The van der Waals surface area contributed by atoms with E-state index in [0.717, 1.165) is 19.4 Å². The summed E-state index contributed by atoms with van der Waals surface area (Å²) in [5.74, 6) is 0. The Kier molecular flexibility index (Phi) is 3.24. The average Bonchev–Trinajstić information content (AvgIpc) is 2.29. The van der Waals surface area contributed by atoms with E-state index in [-0.39, 0.29) is 0 Å². The van der Waals surface area contributed by atoms with E-state index in [1.807, 2.05) is 0 Å². The number of benzene rings is 1. The molecule has 1 aromatic carbocycles. The van der Waals surface area contributed by atoms with Crippen molar-refractivity contribution in [3.63, 3.8) is 0 Å². The van der Waals surface area contributed by atoms with Gasteiger partial charge in [-0.1, -0.05) is 12.1 Å². The number of unbranched alkanes of at least 4 members (excludes halogenated alkanes) is 1. The first-order valence-corrected chi connectivity index (χ1v) is 5.63. The van der Waals surface area contributed by atoms with Crippen LogP contribution in [0.15, 0.2) is 18.2 Å². The molecule has 1 aromatic rings. The van der Waals surface area contributed by atoms with Crippen molar-refractivity contribution in [2.45, 2.75) is 32.1 Å². The summed E-state index contributed by atoms with van der Waals surface area (Å²) in [5, 5.41) is 11.9. The van der Waals surface area contributed by atoms with Crippen molar-refractivity contribution in [2.24, 2.45) is 0 Å². The van der Waals surface area contributed by atoms with Crippen molar-refractivity contribution in [3.05, 3.63) is 29.3 Å². The van der Waals surface area contributed by atoms with Crippen LogP contribution in [0.5, 0.6) is 0 Å². The van der Waals surface area contributed by atoms with E-state index in [4.69, 9.17) is 5.26 Å². The molecule has 1 N–H and O–H groups in total. The monoisotopic (exact) mass is 200 g/mol. The molecule has 1 heterocycles. The Morgan fingerprint density at radius 3 is 3.20 bits per heavy atom. The number of aryl methyl sites for hydroxylation is 2. The molecule has 0 radical (unpaired) electrons. The molecule has 78 valence electrons.